The Morgan fingerprint density at radius 2 is 1.88 bits per heavy atom. The summed E-state index contributed by atoms with van der Waals surface area (Å²) in [5, 5.41) is 0. The Morgan fingerprint density at radius 3 is 2.68 bits per heavy atom. The third kappa shape index (κ3) is 2.70. The van der Waals surface area contributed by atoms with E-state index >= 15 is 0 Å². The van der Waals surface area contributed by atoms with Crippen molar-refractivity contribution in [3.05, 3.63) is 60.3 Å². The molecular formula is C20H18N4O. The molecule has 5 heteroatoms. The third-order valence-corrected chi connectivity index (χ3v) is 4.29. The number of aromatic nitrogens is 3. The van der Waals surface area contributed by atoms with E-state index in [9.17, 15) is 0 Å². The lowest BCUT2D eigenvalue weighted by molar-refractivity contribution is 0.415. The van der Waals surface area contributed by atoms with Crippen LogP contribution in [0.3, 0.4) is 0 Å². The maximum atomic E-state index is 6.12. The lowest BCUT2D eigenvalue weighted by Gasteiger charge is -2.07. The molecule has 3 N–H and O–H groups in total. The number of aryl methyl sites for hydroxylation is 1. The summed E-state index contributed by atoms with van der Waals surface area (Å²) in [6.07, 6.45) is 1.77. The van der Waals surface area contributed by atoms with Gasteiger partial charge in [-0.2, -0.15) is 0 Å². The van der Waals surface area contributed by atoms with Crippen LogP contribution in [0.25, 0.3) is 33.5 Å². The predicted octanol–water partition coefficient (Wildman–Crippen LogP) is 4.19. The lowest BCUT2D eigenvalue weighted by Crippen LogP contribution is -1.96. The van der Waals surface area contributed by atoms with Gasteiger partial charge in [-0.15, -0.1) is 0 Å². The van der Waals surface area contributed by atoms with Gasteiger partial charge in [0.05, 0.1) is 23.7 Å². The fraction of sp³-hybridized carbons (Fsp3) is 0.100. The Morgan fingerprint density at radius 1 is 1.04 bits per heavy atom. The van der Waals surface area contributed by atoms with Gasteiger partial charge in [-0.05, 0) is 42.3 Å². The van der Waals surface area contributed by atoms with Crippen LogP contribution in [-0.2, 0) is 0 Å². The standard InChI is InChI=1S/C20H18N4O/c1-12-5-3-8-17-18(12)24-20(23-17)16-10-14(11-22-19(16)21)13-6-4-7-15(9-13)25-2/h3-11H,1-2H3,(H2,21,22)(H,23,24). The van der Waals surface area contributed by atoms with E-state index in [1.165, 1.54) is 0 Å². The van der Waals surface area contributed by atoms with E-state index in [0.717, 1.165) is 44.9 Å². The predicted molar refractivity (Wildman–Crippen MR) is 100 cm³/mol. The molecule has 0 aliphatic rings. The van der Waals surface area contributed by atoms with Gasteiger partial charge < -0.3 is 15.5 Å². The van der Waals surface area contributed by atoms with Crippen molar-refractivity contribution in [1.82, 2.24) is 15.0 Å². The van der Waals surface area contributed by atoms with Gasteiger partial charge in [0.2, 0.25) is 0 Å². The van der Waals surface area contributed by atoms with Crippen LogP contribution in [0.15, 0.2) is 54.7 Å². The molecule has 0 fully saturated rings. The Kier molecular flexibility index (Phi) is 3.61. The van der Waals surface area contributed by atoms with Gasteiger partial charge in [0.15, 0.2) is 0 Å². The number of H-pyrrole nitrogens is 1. The molecule has 0 aliphatic carbocycles. The van der Waals surface area contributed by atoms with Crippen molar-refractivity contribution < 1.29 is 4.74 Å². The largest absolute Gasteiger partial charge is 0.497 e. The van der Waals surface area contributed by atoms with E-state index in [1.54, 1.807) is 13.3 Å². The molecule has 0 atom stereocenters. The van der Waals surface area contributed by atoms with E-state index in [4.69, 9.17) is 15.5 Å². The number of benzene rings is 2. The summed E-state index contributed by atoms with van der Waals surface area (Å²) >= 11 is 0. The number of hydrogen-bond donors (Lipinski definition) is 2. The van der Waals surface area contributed by atoms with Crippen LogP contribution in [-0.4, -0.2) is 22.1 Å². The van der Waals surface area contributed by atoms with Gasteiger partial charge in [0.1, 0.15) is 17.4 Å². The number of hydrogen-bond acceptors (Lipinski definition) is 4. The summed E-state index contributed by atoms with van der Waals surface area (Å²) in [5.41, 5.74) is 11.9. The number of fused-ring (bicyclic) bond motifs is 1. The topological polar surface area (TPSA) is 76.8 Å². The second-order valence-corrected chi connectivity index (χ2v) is 5.95. The third-order valence-electron chi connectivity index (χ3n) is 4.29. The van der Waals surface area contributed by atoms with Crippen molar-refractivity contribution in [3.8, 4) is 28.3 Å². The highest BCUT2D eigenvalue weighted by molar-refractivity contribution is 5.85. The highest BCUT2D eigenvalue weighted by Crippen LogP contribution is 2.31. The maximum absolute atomic E-state index is 6.12. The van der Waals surface area contributed by atoms with Crippen molar-refractivity contribution in [2.75, 3.05) is 12.8 Å². The van der Waals surface area contributed by atoms with Crippen molar-refractivity contribution in [3.63, 3.8) is 0 Å². The smallest absolute Gasteiger partial charge is 0.142 e. The molecule has 124 valence electrons. The van der Waals surface area contributed by atoms with Crippen LogP contribution >= 0.6 is 0 Å². The first-order valence-electron chi connectivity index (χ1n) is 8.01. The molecule has 0 saturated carbocycles. The zero-order valence-electron chi connectivity index (χ0n) is 14.1. The summed E-state index contributed by atoms with van der Waals surface area (Å²) in [6.45, 7) is 2.04. The normalized spacial score (nSPS) is 11.0. The number of imidazole rings is 1. The number of anilines is 1. The molecule has 0 saturated heterocycles. The first kappa shape index (κ1) is 15.2. The summed E-state index contributed by atoms with van der Waals surface area (Å²) in [4.78, 5) is 12.4. The van der Waals surface area contributed by atoms with Crippen molar-refractivity contribution in [2.24, 2.45) is 0 Å². The first-order valence-corrected chi connectivity index (χ1v) is 8.01. The Labute approximate surface area is 145 Å². The Hall–Kier alpha value is -3.34. The van der Waals surface area contributed by atoms with Gasteiger partial charge in [-0.3, -0.25) is 0 Å². The number of aromatic amines is 1. The first-order chi connectivity index (χ1) is 12.2. The molecular weight excluding hydrogens is 312 g/mol. The molecule has 0 radical (unpaired) electrons. The van der Waals surface area contributed by atoms with Crippen LogP contribution in [0.4, 0.5) is 5.82 Å². The minimum atomic E-state index is 0.448. The quantitative estimate of drug-likeness (QED) is 0.590. The molecule has 2 aromatic carbocycles. The number of para-hydroxylation sites is 1. The maximum Gasteiger partial charge on any atom is 0.142 e. The van der Waals surface area contributed by atoms with E-state index in [0.29, 0.717) is 5.82 Å². The number of nitrogens with one attached hydrogen (secondary N) is 1. The van der Waals surface area contributed by atoms with E-state index in [1.807, 2.05) is 55.5 Å². The Balaban J connectivity index is 1.85. The second kappa shape index (κ2) is 5.94. The number of rotatable bonds is 3. The van der Waals surface area contributed by atoms with Crippen LogP contribution in [0, 0.1) is 6.92 Å². The summed E-state index contributed by atoms with van der Waals surface area (Å²) in [7, 11) is 1.66. The van der Waals surface area contributed by atoms with Crippen LogP contribution in [0.1, 0.15) is 5.56 Å². The van der Waals surface area contributed by atoms with Crippen LogP contribution < -0.4 is 10.5 Å². The van der Waals surface area contributed by atoms with E-state index in [-0.39, 0.29) is 0 Å². The number of nitrogen functional groups attached to an aromatic ring is 1. The molecule has 25 heavy (non-hydrogen) atoms. The number of pyridine rings is 1. The molecule has 0 aliphatic heterocycles. The highest BCUT2D eigenvalue weighted by atomic mass is 16.5. The zero-order chi connectivity index (χ0) is 17.4. The number of ether oxygens (including phenoxy) is 1. The minimum absolute atomic E-state index is 0.448. The molecule has 0 bridgehead atoms. The highest BCUT2D eigenvalue weighted by Gasteiger charge is 2.12. The van der Waals surface area contributed by atoms with Gasteiger partial charge in [0, 0.05) is 11.8 Å². The van der Waals surface area contributed by atoms with Gasteiger partial charge in [-0.1, -0.05) is 24.3 Å². The minimum Gasteiger partial charge on any atom is -0.497 e. The number of nitrogens with two attached hydrogens (primary N) is 1. The second-order valence-electron chi connectivity index (χ2n) is 5.95. The molecule has 4 rings (SSSR count). The van der Waals surface area contributed by atoms with Gasteiger partial charge in [0.25, 0.3) is 0 Å². The monoisotopic (exact) mass is 330 g/mol. The van der Waals surface area contributed by atoms with Crippen LogP contribution in [0.2, 0.25) is 0 Å². The SMILES string of the molecule is COc1cccc(-c2cnc(N)c(-c3nc4c(C)cccc4[nH]3)c2)c1. The summed E-state index contributed by atoms with van der Waals surface area (Å²) in [5.74, 6) is 1.97. The lowest BCUT2D eigenvalue weighted by atomic mass is 10.0. The average molecular weight is 330 g/mol. The Bertz CT molecular complexity index is 1070. The number of methoxy groups -OCH3 is 1. The van der Waals surface area contributed by atoms with E-state index in [2.05, 4.69) is 9.97 Å². The fourth-order valence-electron chi connectivity index (χ4n) is 2.93. The van der Waals surface area contributed by atoms with Crippen molar-refractivity contribution in [1.29, 1.82) is 0 Å². The van der Waals surface area contributed by atoms with Crippen molar-refractivity contribution >= 4 is 16.9 Å². The average Bonchev–Trinajstić information content (AvgIpc) is 3.07. The molecule has 0 unspecified atom stereocenters. The molecule has 0 spiro atoms. The van der Waals surface area contributed by atoms with Gasteiger partial charge in [-0.25, -0.2) is 9.97 Å². The molecule has 2 aromatic heterocycles. The molecule has 0 amide bonds. The fourth-order valence-corrected chi connectivity index (χ4v) is 2.93. The molecule has 4 aromatic rings. The summed E-state index contributed by atoms with van der Waals surface area (Å²) < 4.78 is 5.30. The molecule has 5 nitrogen and oxygen atoms in total. The van der Waals surface area contributed by atoms with Crippen LogP contribution in [0.5, 0.6) is 5.75 Å². The molecule has 2 heterocycles. The van der Waals surface area contributed by atoms with Crippen molar-refractivity contribution in [2.45, 2.75) is 6.92 Å². The number of nitrogens with zero attached hydrogens (tertiary/aromatic N) is 2. The zero-order valence-corrected chi connectivity index (χ0v) is 14.1. The van der Waals surface area contributed by atoms with Gasteiger partial charge >= 0.3 is 0 Å². The summed E-state index contributed by atoms with van der Waals surface area (Å²) in [6, 6.07) is 15.9. The van der Waals surface area contributed by atoms with E-state index < -0.39 is 0 Å².